The van der Waals surface area contributed by atoms with Crippen molar-refractivity contribution in [3.05, 3.63) is 77.9 Å². The molecule has 0 aliphatic carbocycles. The lowest BCUT2D eigenvalue weighted by molar-refractivity contribution is 0.408. The Hall–Kier alpha value is -2.32. The number of rotatable bonds is 4. The van der Waals surface area contributed by atoms with Gasteiger partial charge in [0.15, 0.2) is 0 Å². The van der Waals surface area contributed by atoms with Crippen LogP contribution in [0.15, 0.2) is 66.7 Å². The molecule has 2 heteroatoms. The largest absolute Gasteiger partial charge is 0.496 e. The third kappa shape index (κ3) is 2.91. The fraction of sp³-hybridized carbons (Fsp3) is 0.158. The molecule has 0 saturated heterocycles. The smallest absolute Gasteiger partial charge is 0.122 e. The van der Waals surface area contributed by atoms with Crippen LogP contribution >= 0.6 is 0 Å². The Morgan fingerprint density at radius 2 is 1.62 bits per heavy atom. The maximum absolute atomic E-state index is 6.39. The highest BCUT2D eigenvalue weighted by Crippen LogP contribution is 2.25. The van der Waals surface area contributed by atoms with Crippen LogP contribution in [0.4, 0.5) is 0 Å². The van der Waals surface area contributed by atoms with E-state index >= 15 is 0 Å². The molecule has 3 rings (SSSR count). The summed E-state index contributed by atoms with van der Waals surface area (Å²) in [6, 6.07) is 22.8. The molecule has 0 heterocycles. The average molecular weight is 277 g/mol. The van der Waals surface area contributed by atoms with Crippen LogP contribution in [0.5, 0.6) is 5.75 Å². The standard InChI is InChI=1S/C19H19NO/c1-21-19-9-5-4-8-17(19)13-18(20)16-11-10-14-6-2-3-7-15(14)12-16/h2-12,18H,13,20H2,1H3. The first-order valence-electron chi connectivity index (χ1n) is 7.14. The lowest BCUT2D eigenvalue weighted by Gasteiger charge is -2.15. The van der Waals surface area contributed by atoms with Crippen molar-refractivity contribution in [2.24, 2.45) is 5.73 Å². The Kier molecular flexibility index (Phi) is 3.89. The Balaban J connectivity index is 1.88. The highest BCUT2D eigenvalue weighted by atomic mass is 16.5. The maximum atomic E-state index is 6.39. The molecule has 0 aliphatic heterocycles. The fourth-order valence-electron chi connectivity index (χ4n) is 2.66. The van der Waals surface area contributed by atoms with Crippen LogP contribution in [0.2, 0.25) is 0 Å². The summed E-state index contributed by atoms with van der Waals surface area (Å²) < 4.78 is 5.40. The molecule has 0 aliphatic rings. The summed E-state index contributed by atoms with van der Waals surface area (Å²) in [5.41, 5.74) is 8.68. The van der Waals surface area contributed by atoms with E-state index in [9.17, 15) is 0 Å². The third-order valence-corrected chi connectivity index (χ3v) is 3.83. The second-order valence-electron chi connectivity index (χ2n) is 5.23. The number of ether oxygens (including phenoxy) is 1. The maximum Gasteiger partial charge on any atom is 0.122 e. The minimum Gasteiger partial charge on any atom is -0.496 e. The highest BCUT2D eigenvalue weighted by Gasteiger charge is 2.10. The molecule has 0 saturated carbocycles. The van der Waals surface area contributed by atoms with Gasteiger partial charge in [-0.2, -0.15) is 0 Å². The number of hydrogen-bond donors (Lipinski definition) is 1. The second kappa shape index (κ2) is 5.98. The van der Waals surface area contributed by atoms with Crippen LogP contribution in [0, 0.1) is 0 Å². The molecule has 2 N–H and O–H groups in total. The first-order valence-corrected chi connectivity index (χ1v) is 7.14. The molecule has 0 aromatic heterocycles. The molecule has 1 unspecified atom stereocenters. The van der Waals surface area contributed by atoms with Gasteiger partial charge in [0, 0.05) is 6.04 Å². The molecule has 0 fully saturated rings. The number of para-hydroxylation sites is 1. The van der Waals surface area contributed by atoms with Gasteiger partial charge in [0.25, 0.3) is 0 Å². The van der Waals surface area contributed by atoms with Crippen LogP contribution in [0.25, 0.3) is 10.8 Å². The zero-order valence-corrected chi connectivity index (χ0v) is 12.1. The number of hydrogen-bond acceptors (Lipinski definition) is 2. The van der Waals surface area contributed by atoms with Crippen LogP contribution in [-0.2, 0) is 6.42 Å². The first-order chi connectivity index (χ1) is 10.3. The molecular weight excluding hydrogens is 258 g/mol. The van der Waals surface area contributed by atoms with E-state index in [1.165, 1.54) is 10.8 Å². The molecular formula is C19H19NO. The van der Waals surface area contributed by atoms with Crippen LogP contribution < -0.4 is 10.5 Å². The van der Waals surface area contributed by atoms with E-state index < -0.39 is 0 Å². The van der Waals surface area contributed by atoms with Crippen molar-refractivity contribution in [2.45, 2.75) is 12.5 Å². The number of nitrogens with two attached hydrogens (primary N) is 1. The topological polar surface area (TPSA) is 35.2 Å². The Morgan fingerprint density at radius 3 is 2.43 bits per heavy atom. The number of benzene rings is 3. The fourth-order valence-corrected chi connectivity index (χ4v) is 2.66. The van der Waals surface area contributed by atoms with Gasteiger partial charge in [-0.15, -0.1) is 0 Å². The molecule has 0 spiro atoms. The van der Waals surface area contributed by atoms with Gasteiger partial charge in [0.2, 0.25) is 0 Å². The van der Waals surface area contributed by atoms with E-state index in [1.54, 1.807) is 7.11 Å². The first kappa shape index (κ1) is 13.7. The molecule has 3 aromatic rings. The van der Waals surface area contributed by atoms with Gasteiger partial charge < -0.3 is 10.5 Å². The van der Waals surface area contributed by atoms with Gasteiger partial charge >= 0.3 is 0 Å². The van der Waals surface area contributed by atoms with Crippen LogP contribution in [0.1, 0.15) is 17.2 Å². The lowest BCUT2D eigenvalue weighted by Crippen LogP contribution is -2.13. The summed E-state index contributed by atoms with van der Waals surface area (Å²) in [6.07, 6.45) is 0.766. The van der Waals surface area contributed by atoms with E-state index in [1.807, 2.05) is 18.2 Å². The van der Waals surface area contributed by atoms with Gasteiger partial charge in [-0.05, 0) is 40.5 Å². The Labute approximate surface area is 125 Å². The van der Waals surface area contributed by atoms with Crippen molar-refractivity contribution in [3.8, 4) is 5.75 Å². The predicted molar refractivity (Wildman–Crippen MR) is 87.6 cm³/mol. The molecule has 21 heavy (non-hydrogen) atoms. The van der Waals surface area contributed by atoms with Gasteiger partial charge in [-0.25, -0.2) is 0 Å². The number of fused-ring (bicyclic) bond motifs is 1. The van der Waals surface area contributed by atoms with E-state index in [2.05, 4.69) is 48.5 Å². The Morgan fingerprint density at radius 1 is 0.905 bits per heavy atom. The van der Waals surface area contributed by atoms with Crippen LogP contribution in [0.3, 0.4) is 0 Å². The normalized spacial score (nSPS) is 12.3. The van der Waals surface area contributed by atoms with Crippen molar-refractivity contribution >= 4 is 10.8 Å². The van der Waals surface area contributed by atoms with Crippen molar-refractivity contribution < 1.29 is 4.74 Å². The summed E-state index contributed by atoms with van der Waals surface area (Å²) in [4.78, 5) is 0. The van der Waals surface area contributed by atoms with Gasteiger partial charge in [0.1, 0.15) is 5.75 Å². The zero-order chi connectivity index (χ0) is 14.7. The molecule has 106 valence electrons. The third-order valence-electron chi connectivity index (χ3n) is 3.83. The highest BCUT2D eigenvalue weighted by molar-refractivity contribution is 5.83. The summed E-state index contributed by atoms with van der Waals surface area (Å²) in [7, 11) is 1.69. The molecule has 3 aromatic carbocycles. The van der Waals surface area contributed by atoms with Crippen molar-refractivity contribution in [1.82, 2.24) is 0 Å². The van der Waals surface area contributed by atoms with Crippen LogP contribution in [-0.4, -0.2) is 7.11 Å². The van der Waals surface area contributed by atoms with E-state index in [0.29, 0.717) is 0 Å². The van der Waals surface area contributed by atoms with Gasteiger partial charge in [0.05, 0.1) is 7.11 Å². The molecule has 0 radical (unpaired) electrons. The monoisotopic (exact) mass is 277 g/mol. The summed E-state index contributed by atoms with van der Waals surface area (Å²) in [6.45, 7) is 0. The zero-order valence-electron chi connectivity index (χ0n) is 12.1. The van der Waals surface area contributed by atoms with Gasteiger partial charge in [-0.3, -0.25) is 0 Å². The quantitative estimate of drug-likeness (QED) is 0.779. The minimum atomic E-state index is -0.0362. The van der Waals surface area contributed by atoms with Gasteiger partial charge in [-0.1, -0.05) is 54.6 Å². The average Bonchev–Trinajstić information content (AvgIpc) is 2.55. The van der Waals surface area contributed by atoms with E-state index in [4.69, 9.17) is 10.5 Å². The second-order valence-corrected chi connectivity index (χ2v) is 5.23. The predicted octanol–water partition coefficient (Wildman–Crippen LogP) is 4.09. The molecule has 2 nitrogen and oxygen atoms in total. The Bertz CT molecular complexity index is 751. The summed E-state index contributed by atoms with van der Waals surface area (Å²) >= 11 is 0. The number of methoxy groups -OCH3 is 1. The van der Waals surface area contributed by atoms with E-state index in [0.717, 1.165) is 23.3 Å². The van der Waals surface area contributed by atoms with Crippen molar-refractivity contribution in [1.29, 1.82) is 0 Å². The molecule has 0 bridgehead atoms. The van der Waals surface area contributed by atoms with Crippen molar-refractivity contribution in [3.63, 3.8) is 0 Å². The minimum absolute atomic E-state index is 0.0362. The lowest BCUT2D eigenvalue weighted by atomic mass is 9.97. The summed E-state index contributed by atoms with van der Waals surface area (Å²) in [5, 5.41) is 2.47. The SMILES string of the molecule is COc1ccccc1CC(N)c1ccc2ccccc2c1. The van der Waals surface area contributed by atoms with E-state index in [-0.39, 0.29) is 6.04 Å². The van der Waals surface area contributed by atoms with Crippen molar-refractivity contribution in [2.75, 3.05) is 7.11 Å². The summed E-state index contributed by atoms with van der Waals surface area (Å²) in [5.74, 6) is 0.897. The molecule has 0 amide bonds. The molecule has 1 atom stereocenters.